The molecule has 10 nitrogen and oxygen atoms in total. The lowest BCUT2D eigenvalue weighted by atomic mass is 9.94. The summed E-state index contributed by atoms with van der Waals surface area (Å²) in [6.07, 6.45) is 1.44. The molecule has 2 aromatic carbocycles. The average Bonchev–Trinajstić information content (AvgIpc) is 3.35. The first-order valence-corrected chi connectivity index (χ1v) is 12.2. The molecule has 1 atom stereocenters. The number of ether oxygens (including phenoxy) is 2. The highest BCUT2D eigenvalue weighted by Gasteiger charge is 2.34. The van der Waals surface area contributed by atoms with E-state index >= 15 is 0 Å². The molecule has 0 aliphatic carbocycles. The van der Waals surface area contributed by atoms with Gasteiger partial charge < -0.3 is 25.0 Å². The van der Waals surface area contributed by atoms with E-state index in [1.807, 2.05) is 58.0 Å². The minimum atomic E-state index is -0.566. The van der Waals surface area contributed by atoms with Crippen molar-refractivity contribution in [3.8, 4) is 11.5 Å². The van der Waals surface area contributed by atoms with Crippen molar-refractivity contribution in [1.29, 1.82) is 0 Å². The summed E-state index contributed by atoms with van der Waals surface area (Å²) in [5.74, 6) is 1.05. The Morgan fingerprint density at radius 1 is 1.11 bits per heavy atom. The van der Waals surface area contributed by atoms with Gasteiger partial charge in [-0.3, -0.25) is 9.59 Å². The van der Waals surface area contributed by atoms with Crippen molar-refractivity contribution in [3.05, 3.63) is 71.2 Å². The van der Waals surface area contributed by atoms with Gasteiger partial charge in [-0.1, -0.05) is 18.2 Å². The molecule has 37 heavy (non-hydrogen) atoms. The summed E-state index contributed by atoms with van der Waals surface area (Å²) in [4.78, 5) is 32.0. The molecule has 2 N–H and O–H groups in total. The SMILES string of the molecule is CCN(CC)C(=O)COc1ccc(C2C(C(=O)Nc3cccc(C)c3)=C(C)Nc3ncnn32)cc1OC. The molecular weight excluding hydrogens is 472 g/mol. The molecule has 1 aliphatic rings. The third-order valence-corrected chi connectivity index (χ3v) is 6.29. The number of amides is 2. The number of methoxy groups -OCH3 is 1. The van der Waals surface area contributed by atoms with Crippen LogP contribution in [-0.2, 0) is 9.59 Å². The molecular formula is C27H32N6O4. The Kier molecular flexibility index (Phi) is 7.76. The minimum Gasteiger partial charge on any atom is -0.493 e. The van der Waals surface area contributed by atoms with Crippen molar-refractivity contribution >= 4 is 23.5 Å². The predicted molar refractivity (Wildman–Crippen MR) is 141 cm³/mol. The van der Waals surface area contributed by atoms with Crippen molar-refractivity contribution in [1.82, 2.24) is 19.7 Å². The first kappa shape index (κ1) is 25.7. The normalized spacial score (nSPS) is 14.5. The van der Waals surface area contributed by atoms with Crippen LogP contribution in [0.4, 0.5) is 11.6 Å². The van der Waals surface area contributed by atoms with Gasteiger partial charge in [0.1, 0.15) is 12.4 Å². The number of carbonyl (C=O) groups is 2. The van der Waals surface area contributed by atoms with E-state index in [0.717, 1.165) is 11.1 Å². The number of aromatic nitrogens is 3. The van der Waals surface area contributed by atoms with Crippen LogP contribution in [0.2, 0.25) is 0 Å². The van der Waals surface area contributed by atoms with E-state index in [9.17, 15) is 9.59 Å². The molecule has 4 rings (SSSR count). The number of hydrogen-bond donors (Lipinski definition) is 2. The summed E-state index contributed by atoms with van der Waals surface area (Å²) in [6, 6.07) is 12.4. The smallest absolute Gasteiger partial charge is 0.260 e. The Balaban J connectivity index is 1.66. The number of nitrogens with one attached hydrogen (secondary N) is 2. The summed E-state index contributed by atoms with van der Waals surface area (Å²) < 4.78 is 13.1. The number of rotatable bonds is 9. The maximum absolute atomic E-state index is 13.6. The van der Waals surface area contributed by atoms with Gasteiger partial charge in [-0.25, -0.2) is 4.68 Å². The van der Waals surface area contributed by atoms with Crippen molar-refractivity contribution in [3.63, 3.8) is 0 Å². The van der Waals surface area contributed by atoms with Gasteiger partial charge in [-0.2, -0.15) is 10.1 Å². The molecule has 0 saturated carbocycles. The zero-order valence-electron chi connectivity index (χ0n) is 21.7. The average molecular weight is 505 g/mol. The summed E-state index contributed by atoms with van der Waals surface area (Å²) in [5, 5.41) is 10.6. The van der Waals surface area contributed by atoms with Gasteiger partial charge in [0.25, 0.3) is 11.8 Å². The molecule has 0 bridgehead atoms. The summed E-state index contributed by atoms with van der Waals surface area (Å²) in [7, 11) is 1.54. The highest BCUT2D eigenvalue weighted by atomic mass is 16.5. The molecule has 2 amide bonds. The van der Waals surface area contributed by atoms with Crippen molar-refractivity contribution in [2.75, 3.05) is 37.4 Å². The fraction of sp³-hybridized carbons (Fsp3) is 0.333. The molecule has 0 saturated heterocycles. The summed E-state index contributed by atoms with van der Waals surface area (Å²) in [5.41, 5.74) is 3.65. The lowest BCUT2D eigenvalue weighted by Gasteiger charge is -2.29. The fourth-order valence-electron chi connectivity index (χ4n) is 4.40. The molecule has 2 heterocycles. The van der Waals surface area contributed by atoms with Crippen LogP contribution in [0.15, 0.2) is 60.1 Å². The van der Waals surface area contributed by atoms with Gasteiger partial charge in [0.05, 0.1) is 12.7 Å². The van der Waals surface area contributed by atoms with Gasteiger partial charge in [0, 0.05) is 24.5 Å². The maximum atomic E-state index is 13.6. The van der Waals surface area contributed by atoms with E-state index < -0.39 is 6.04 Å². The number of nitrogens with zero attached hydrogens (tertiary/aromatic N) is 4. The lowest BCUT2D eigenvalue weighted by molar-refractivity contribution is -0.133. The van der Waals surface area contributed by atoms with Crippen LogP contribution in [0.25, 0.3) is 0 Å². The van der Waals surface area contributed by atoms with Gasteiger partial charge in [-0.15, -0.1) is 0 Å². The highest BCUT2D eigenvalue weighted by molar-refractivity contribution is 6.06. The van der Waals surface area contributed by atoms with Crippen LogP contribution in [0, 0.1) is 6.92 Å². The standard InChI is InChI=1S/C27H32N6O4/c1-6-32(7-2)23(34)15-37-21-12-11-19(14-22(21)36-5)25-24(18(4)30-27-28-16-29-33(25)27)26(35)31-20-10-8-9-17(3)13-20/h8-14,16,25H,6-7,15H2,1-5H3,(H,31,35)(H,28,29,30). The van der Waals surface area contributed by atoms with E-state index in [1.54, 1.807) is 21.7 Å². The molecule has 194 valence electrons. The first-order valence-electron chi connectivity index (χ1n) is 12.2. The van der Waals surface area contributed by atoms with Crippen molar-refractivity contribution in [2.24, 2.45) is 0 Å². The van der Waals surface area contributed by atoms with Crippen molar-refractivity contribution in [2.45, 2.75) is 33.7 Å². The van der Waals surface area contributed by atoms with Crippen LogP contribution < -0.4 is 20.1 Å². The molecule has 0 radical (unpaired) electrons. The topological polar surface area (TPSA) is 111 Å². The Morgan fingerprint density at radius 2 is 1.89 bits per heavy atom. The Labute approximate surface area is 216 Å². The number of carbonyl (C=O) groups excluding carboxylic acids is 2. The van der Waals surface area contributed by atoms with Crippen LogP contribution >= 0.6 is 0 Å². The van der Waals surface area contributed by atoms with Crippen LogP contribution in [-0.4, -0.2) is 58.3 Å². The number of aryl methyl sites for hydroxylation is 1. The second-order valence-electron chi connectivity index (χ2n) is 8.68. The molecule has 3 aromatic rings. The third kappa shape index (κ3) is 5.42. The fourth-order valence-corrected chi connectivity index (χ4v) is 4.40. The minimum absolute atomic E-state index is 0.0961. The van der Waals surface area contributed by atoms with E-state index in [2.05, 4.69) is 20.7 Å². The number of allylic oxidation sites excluding steroid dienone is 1. The van der Waals surface area contributed by atoms with Gasteiger partial charge >= 0.3 is 0 Å². The number of benzene rings is 2. The summed E-state index contributed by atoms with van der Waals surface area (Å²) in [6.45, 7) is 8.80. The molecule has 0 fully saturated rings. The van der Waals surface area contributed by atoms with Crippen molar-refractivity contribution < 1.29 is 19.1 Å². The Bertz CT molecular complexity index is 1330. The van der Waals surface area contributed by atoms with E-state index in [4.69, 9.17) is 9.47 Å². The second-order valence-corrected chi connectivity index (χ2v) is 8.68. The van der Waals surface area contributed by atoms with E-state index in [-0.39, 0.29) is 18.4 Å². The van der Waals surface area contributed by atoms with Crippen LogP contribution in [0.1, 0.15) is 37.9 Å². The Morgan fingerprint density at radius 3 is 2.59 bits per heavy atom. The number of fused-ring (bicyclic) bond motifs is 1. The monoisotopic (exact) mass is 504 g/mol. The zero-order chi connectivity index (χ0) is 26.5. The number of likely N-dealkylation sites (N-methyl/N-ethyl adjacent to an activating group) is 1. The third-order valence-electron chi connectivity index (χ3n) is 6.29. The molecule has 0 spiro atoms. The molecule has 1 aliphatic heterocycles. The summed E-state index contributed by atoms with van der Waals surface area (Å²) >= 11 is 0. The quantitative estimate of drug-likeness (QED) is 0.456. The Hall–Kier alpha value is -4.34. The van der Waals surface area contributed by atoms with Crippen LogP contribution in [0.5, 0.6) is 11.5 Å². The van der Waals surface area contributed by atoms with Gasteiger partial charge in [0.2, 0.25) is 5.95 Å². The molecule has 1 aromatic heterocycles. The van der Waals surface area contributed by atoms with Crippen LogP contribution in [0.3, 0.4) is 0 Å². The molecule has 1 unspecified atom stereocenters. The zero-order valence-corrected chi connectivity index (χ0v) is 21.7. The number of anilines is 2. The maximum Gasteiger partial charge on any atom is 0.260 e. The largest absolute Gasteiger partial charge is 0.493 e. The predicted octanol–water partition coefficient (Wildman–Crippen LogP) is 3.77. The van der Waals surface area contributed by atoms with E-state index in [1.165, 1.54) is 13.4 Å². The second kappa shape index (κ2) is 11.2. The van der Waals surface area contributed by atoms with Gasteiger partial charge in [-0.05, 0) is 63.1 Å². The lowest BCUT2D eigenvalue weighted by Crippen LogP contribution is -2.34. The highest BCUT2D eigenvalue weighted by Crippen LogP contribution is 2.38. The van der Waals surface area contributed by atoms with Gasteiger partial charge in [0.15, 0.2) is 18.1 Å². The number of hydrogen-bond acceptors (Lipinski definition) is 7. The first-order chi connectivity index (χ1) is 17.9. The molecule has 10 heteroatoms. The van der Waals surface area contributed by atoms with E-state index in [0.29, 0.717) is 47.5 Å².